The molecule has 7 nitrogen and oxygen atoms in total. The Balaban J connectivity index is 1.91. The number of hydrogen-bond acceptors (Lipinski definition) is 4. The van der Waals surface area contributed by atoms with Crippen LogP contribution in [0.15, 0.2) is 24.3 Å². The predicted molar refractivity (Wildman–Crippen MR) is 86.6 cm³/mol. The minimum atomic E-state index is -1.03. The summed E-state index contributed by atoms with van der Waals surface area (Å²) in [7, 11) is 0. The Hall–Kier alpha value is -2.70. The Kier molecular flexibility index (Phi) is 4.09. The Morgan fingerprint density at radius 1 is 1.21 bits per heavy atom. The Morgan fingerprint density at radius 3 is 2.46 bits per heavy atom. The molecule has 0 bridgehead atoms. The van der Waals surface area contributed by atoms with E-state index in [2.05, 4.69) is 24.0 Å². The minimum Gasteiger partial charge on any atom is -0.480 e. The van der Waals surface area contributed by atoms with E-state index in [4.69, 9.17) is 0 Å². The Bertz CT molecular complexity index is 780. The highest BCUT2D eigenvalue weighted by atomic mass is 16.4. The molecule has 0 radical (unpaired) electrons. The van der Waals surface area contributed by atoms with Crippen LogP contribution < -0.4 is 0 Å². The molecule has 3 rings (SSSR count). The van der Waals surface area contributed by atoms with Gasteiger partial charge in [-0.05, 0) is 30.5 Å². The van der Waals surface area contributed by atoms with E-state index in [0.29, 0.717) is 23.1 Å². The number of carboxylic acids is 1. The second-order valence-corrected chi connectivity index (χ2v) is 6.34. The third-order valence-electron chi connectivity index (χ3n) is 4.43. The number of amides is 1. The zero-order valence-electron chi connectivity index (χ0n) is 13.9. The molecule has 24 heavy (non-hydrogen) atoms. The fourth-order valence-electron chi connectivity index (χ4n) is 2.91. The van der Waals surface area contributed by atoms with Gasteiger partial charge in [-0.25, -0.2) is 4.79 Å². The molecule has 7 heteroatoms. The summed E-state index contributed by atoms with van der Waals surface area (Å²) >= 11 is 0. The molecular weight excluding hydrogens is 308 g/mol. The van der Waals surface area contributed by atoms with Crippen molar-refractivity contribution >= 4 is 11.9 Å². The van der Waals surface area contributed by atoms with E-state index < -0.39 is 12.0 Å². The lowest BCUT2D eigenvalue weighted by atomic mass is 10.0. The second kappa shape index (κ2) is 6.07. The van der Waals surface area contributed by atoms with Gasteiger partial charge in [0.05, 0.1) is 13.1 Å². The number of nitrogens with zero attached hydrogens (tertiary/aromatic N) is 4. The molecule has 126 valence electrons. The zero-order chi connectivity index (χ0) is 17.4. The topological polar surface area (TPSA) is 88.3 Å². The van der Waals surface area contributed by atoms with Crippen LogP contribution in [-0.2, 0) is 17.9 Å². The lowest BCUT2D eigenvalue weighted by Crippen LogP contribution is -2.50. The summed E-state index contributed by atoms with van der Waals surface area (Å²) < 4.78 is 1.75. The number of aromatic nitrogens is 3. The lowest BCUT2D eigenvalue weighted by molar-refractivity contribution is -0.143. The van der Waals surface area contributed by atoms with Gasteiger partial charge in [-0.3, -0.25) is 4.79 Å². The number of hydrogen-bond donors (Lipinski definition) is 1. The third kappa shape index (κ3) is 2.77. The fourth-order valence-corrected chi connectivity index (χ4v) is 2.91. The second-order valence-electron chi connectivity index (χ2n) is 6.34. The standard InChI is InChI=1S/C17H20N4O3/c1-10(2)12-4-6-13(7-5-12)16(22)21-9-15-19-18-11(3)20(15)8-14(21)17(23)24/h4-7,10,14H,8-9H2,1-3H3,(H,23,24). The molecule has 0 spiro atoms. The van der Waals surface area contributed by atoms with Crippen molar-refractivity contribution in [2.45, 2.75) is 45.8 Å². The number of aryl methyl sites for hydroxylation is 1. The van der Waals surface area contributed by atoms with E-state index in [1.54, 1.807) is 23.6 Å². The first kappa shape index (κ1) is 16.2. The van der Waals surface area contributed by atoms with Gasteiger partial charge in [-0.15, -0.1) is 10.2 Å². The van der Waals surface area contributed by atoms with Crippen molar-refractivity contribution in [2.75, 3.05) is 0 Å². The molecule has 1 aliphatic heterocycles. The summed E-state index contributed by atoms with van der Waals surface area (Å²) in [6, 6.07) is 6.39. The molecule has 0 saturated heterocycles. The fraction of sp³-hybridized carbons (Fsp3) is 0.412. The van der Waals surface area contributed by atoms with Gasteiger partial charge in [0.15, 0.2) is 5.82 Å². The number of carbonyl (C=O) groups excluding carboxylic acids is 1. The van der Waals surface area contributed by atoms with Gasteiger partial charge in [0, 0.05) is 5.56 Å². The maximum atomic E-state index is 12.8. The van der Waals surface area contributed by atoms with Gasteiger partial charge >= 0.3 is 5.97 Å². The molecule has 0 saturated carbocycles. The van der Waals surface area contributed by atoms with Crippen molar-refractivity contribution in [3.63, 3.8) is 0 Å². The number of rotatable bonds is 3. The van der Waals surface area contributed by atoms with Gasteiger partial charge in [-0.1, -0.05) is 26.0 Å². The van der Waals surface area contributed by atoms with Crippen LogP contribution in [0.1, 0.15) is 47.3 Å². The van der Waals surface area contributed by atoms with Gasteiger partial charge in [-0.2, -0.15) is 0 Å². The van der Waals surface area contributed by atoms with Crippen molar-refractivity contribution in [3.8, 4) is 0 Å². The van der Waals surface area contributed by atoms with Crippen molar-refractivity contribution in [1.29, 1.82) is 0 Å². The molecule has 1 unspecified atom stereocenters. The maximum Gasteiger partial charge on any atom is 0.328 e. The van der Waals surface area contributed by atoms with Crippen molar-refractivity contribution < 1.29 is 14.7 Å². The van der Waals surface area contributed by atoms with Crippen LogP contribution in [0.25, 0.3) is 0 Å². The van der Waals surface area contributed by atoms with Crippen LogP contribution in [0.3, 0.4) is 0 Å². The Morgan fingerprint density at radius 2 is 1.88 bits per heavy atom. The van der Waals surface area contributed by atoms with Gasteiger partial charge in [0.1, 0.15) is 11.9 Å². The van der Waals surface area contributed by atoms with Crippen molar-refractivity contribution in [1.82, 2.24) is 19.7 Å². The highest BCUT2D eigenvalue weighted by Gasteiger charge is 2.36. The molecule has 1 aliphatic rings. The molecule has 2 heterocycles. The highest BCUT2D eigenvalue weighted by molar-refractivity contribution is 5.96. The van der Waals surface area contributed by atoms with Crippen molar-refractivity contribution in [3.05, 3.63) is 47.0 Å². The normalized spacial score (nSPS) is 17.0. The monoisotopic (exact) mass is 328 g/mol. The van der Waals surface area contributed by atoms with Crippen LogP contribution in [-0.4, -0.2) is 42.7 Å². The molecule has 1 atom stereocenters. The molecule has 2 aromatic rings. The number of carboxylic acid groups (broad SMARTS) is 1. The van der Waals surface area contributed by atoms with Gasteiger partial charge < -0.3 is 14.6 Å². The first-order chi connectivity index (χ1) is 11.4. The van der Waals surface area contributed by atoms with E-state index in [1.165, 1.54) is 4.90 Å². The third-order valence-corrected chi connectivity index (χ3v) is 4.43. The average Bonchev–Trinajstić information content (AvgIpc) is 2.93. The Labute approximate surface area is 139 Å². The smallest absolute Gasteiger partial charge is 0.328 e. The quantitative estimate of drug-likeness (QED) is 0.928. The van der Waals surface area contributed by atoms with Crippen LogP contribution >= 0.6 is 0 Å². The maximum absolute atomic E-state index is 12.8. The number of aliphatic carboxylic acids is 1. The molecular formula is C17H20N4O3. The summed E-state index contributed by atoms with van der Waals surface area (Å²) in [5.74, 6) is 0.310. The largest absolute Gasteiger partial charge is 0.480 e. The van der Waals surface area contributed by atoms with E-state index >= 15 is 0 Å². The number of fused-ring (bicyclic) bond motifs is 1. The number of carbonyl (C=O) groups is 2. The summed E-state index contributed by atoms with van der Waals surface area (Å²) in [6.07, 6.45) is 0. The highest BCUT2D eigenvalue weighted by Crippen LogP contribution is 2.22. The predicted octanol–water partition coefficient (Wildman–Crippen LogP) is 1.82. The first-order valence-electron chi connectivity index (χ1n) is 7.91. The first-order valence-corrected chi connectivity index (χ1v) is 7.91. The minimum absolute atomic E-state index is 0.141. The molecule has 1 aromatic carbocycles. The zero-order valence-corrected chi connectivity index (χ0v) is 13.9. The van der Waals surface area contributed by atoms with E-state index in [9.17, 15) is 14.7 Å². The summed E-state index contributed by atoms with van der Waals surface area (Å²) in [6.45, 7) is 6.24. The van der Waals surface area contributed by atoms with Gasteiger partial charge in [0.25, 0.3) is 5.91 Å². The average molecular weight is 328 g/mol. The van der Waals surface area contributed by atoms with Crippen LogP contribution in [0.5, 0.6) is 0 Å². The van der Waals surface area contributed by atoms with Crippen LogP contribution in [0.2, 0.25) is 0 Å². The summed E-state index contributed by atoms with van der Waals surface area (Å²) in [5, 5.41) is 17.5. The summed E-state index contributed by atoms with van der Waals surface area (Å²) in [5.41, 5.74) is 1.62. The van der Waals surface area contributed by atoms with Crippen LogP contribution in [0, 0.1) is 6.92 Å². The SMILES string of the molecule is Cc1nnc2n1CC(C(=O)O)N(C(=O)c1ccc(C(C)C)cc1)C2. The van der Waals surface area contributed by atoms with Gasteiger partial charge in [0.2, 0.25) is 0 Å². The van der Waals surface area contributed by atoms with E-state index in [0.717, 1.165) is 5.56 Å². The van der Waals surface area contributed by atoms with E-state index in [1.807, 2.05) is 12.1 Å². The summed E-state index contributed by atoms with van der Waals surface area (Å²) in [4.78, 5) is 25.8. The lowest BCUT2D eigenvalue weighted by Gasteiger charge is -2.33. The van der Waals surface area contributed by atoms with Crippen LogP contribution in [0.4, 0.5) is 0 Å². The van der Waals surface area contributed by atoms with Crippen molar-refractivity contribution in [2.24, 2.45) is 0 Å². The number of benzene rings is 1. The van der Waals surface area contributed by atoms with E-state index in [-0.39, 0.29) is 19.0 Å². The molecule has 0 aliphatic carbocycles. The molecule has 0 fully saturated rings. The molecule has 1 N–H and O–H groups in total. The molecule has 1 amide bonds. The molecule has 1 aromatic heterocycles.